The van der Waals surface area contributed by atoms with Gasteiger partial charge in [0.15, 0.2) is 6.10 Å². The largest absolute Gasteiger partial charge is 0.393 e. The molecule has 1 amide bonds. The molecule has 5 heteroatoms. The van der Waals surface area contributed by atoms with Crippen molar-refractivity contribution in [1.82, 2.24) is 4.90 Å². The van der Waals surface area contributed by atoms with Crippen LogP contribution in [0, 0.1) is 0 Å². The van der Waals surface area contributed by atoms with E-state index in [1.54, 1.807) is 4.90 Å². The first-order valence-electron chi connectivity index (χ1n) is 4.48. The lowest BCUT2D eigenvalue weighted by atomic mass is 10.1. The molecule has 1 atom stereocenters. The fourth-order valence-corrected chi connectivity index (χ4v) is 1.41. The van der Waals surface area contributed by atoms with E-state index in [0.717, 1.165) is 12.8 Å². The van der Waals surface area contributed by atoms with Gasteiger partial charge in [-0.3, -0.25) is 4.79 Å². The van der Waals surface area contributed by atoms with Gasteiger partial charge in [0.2, 0.25) is 0 Å². The second-order valence-corrected chi connectivity index (χ2v) is 3.36. The van der Waals surface area contributed by atoms with Gasteiger partial charge < -0.3 is 20.8 Å². The second kappa shape index (κ2) is 4.55. The number of aliphatic hydroxyl groups excluding tert-OH is 2. The first-order valence-corrected chi connectivity index (χ1v) is 4.48. The predicted octanol–water partition coefficient (Wildman–Crippen LogP) is -1.71. The van der Waals surface area contributed by atoms with Crippen molar-refractivity contribution in [3.63, 3.8) is 0 Å². The van der Waals surface area contributed by atoms with Crippen molar-refractivity contribution in [2.24, 2.45) is 5.73 Å². The topological polar surface area (TPSA) is 86.8 Å². The zero-order chi connectivity index (χ0) is 9.84. The highest BCUT2D eigenvalue weighted by atomic mass is 16.3. The number of nitrogens with zero attached hydrogens (tertiary/aromatic N) is 1. The number of carbonyl (C=O) groups excluding carboxylic acids is 1. The predicted molar refractivity (Wildman–Crippen MR) is 46.9 cm³/mol. The number of hydrogen-bond acceptors (Lipinski definition) is 4. The third kappa shape index (κ3) is 2.65. The summed E-state index contributed by atoms with van der Waals surface area (Å²) in [6.45, 7) is 0.648. The molecule has 1 saturated heterocycles. The summed E-state index contributed by atoms with van der Waals surface area (Å²) in [7, 11) is 0. The van der Waals surface area contributed by atoms with Crippen LogP contribution in [0.5, 0.6) is 0 Å². The minimum Gasteiger partial charge on any atom is -0.393 e. The fourth-order valence-electron chi connectivity index (χ4n) is 1.41. The van der Waals surface area contributed by atoms with Gasteiger partial charge in [0.25, 0.3) is 5.91 Å². The molecule has 0 bridgehead atoms. The van der Waals surface area contributed by atoms with E-state index in [1.165, 1.54) is 0 Å². The molecule has 1 rings (SSSR count). The highest BCUT2D eigenvalue weighted by Gasteiger charge is 2.24. The smallest absolute Gasteiger partial charge is 0.253 e. The van der Waals surface area contributed by atoms with Crippen molar-refractivity contribution in [2.45, 2.75) is 25.0 Å². The molecule has 0 aromatic rings. The number of nitrogens with two attached hydrogens (primary N) is 1. The first-order chi connectivity index (χ1) is 6.15. The molecule has 4 N–H and O–H groups in total. The highest BCUT2D eigenvalue weighted by Crippen LogP contribution is 2.09. The van der Waals surface area contributed by atoms with Gasteiger partial charge in [-0.1, -0.05) is 0 Å². The maximum absolute atomic E-state index is 11.3. The van der Waals surface area contributed by atoms with Crippen LogP contribution in [0.1, 0.15) is 12.8 Å². The van der Waals surface area contributed by atoms with Crippen LogP contribution in [-0.2, 0) is 4.79 Å². The van der Waals surface area contributed by atoms with Crippen LogP contribution in [0.4, 0.5) is 0 Å². The number of amides is 1. The lowest BCUT2D eigenvalue weighted by Crippen LogP contribution is -2.47. The molecule has 5 nitrogen and oxygen atoms in total. The fraction of sp³-hybridized carbons (Fsp3) is 0.875. The Hall–Kier alpha value is -0.650. The van der Waals surface area contributed by atoms with Crippen molar-refractivity contribution in [3.8, 4) is 0 Å². The second-order valence-electron chi connectivity index (χ2n) is 3.36. The van der Waals surface area contributed by atoms with Gasteiger partial charge in [-0.2, -0.15) is 0 Å². The summed E-state index contributed by atoms with van der Waals surface area (Å²) >= 11 is 0. The van der Waals surface area contributed by atoms with Crippen molar-refractivity contribution < 1.29 is 15.0 Å². The van der Waals surface area contributed by atoms with Crippen LogP contribution < -0.4 is 5.73 Å². The quantitative estimate of drug-likeness (QED) is 0.481. The average molecular weight is 188 g/mol. The summed E-state index contributed by atoms with van der Waals surface area (Å²) in [6.07, 6.45) is 0.266. The maximum Gasteiger partial charge on any atom is 0.253 e. The van der Waals surface area contributed by atoms with E-state index < -0.39 is 18.6 Å². The van der Waals surface area contributed by atoms with Gasteiger partial charge in [0.1, 0.15) is 0 Å². The number of likely N-dealkylation sites (tertiary alicyclic amines) is 1. The molecule has 1 fully saturated rings. The Labute approximate surface area is 77.1 Å². The molecule has 0 aliphatic carbocycles. The van der Waals surface area contributed by atoms with Gasteiger partial charge in [0, 0.05) is 19.1 Å². The summed E-state index contributed by atoms with van der Waals surface area (Å²) in [4.78, 5) is 12.9. The normalized spacial score (nSPS) is 21.6. The van der Waals surface area contributed by atoms with Gasteiger partial charge in [-0.25, -0.2) is 0 Å². The SMILES string of the molecule is NC1CCN(C(=O)C(O)CO)CC1. The van der Waals surface area contributed by atoms with E-state index in [-0.39, 0.29) is 6.04 Å². The Kier molecular flexibility index (Phi) is 3.65. The third-order valence-electron chi connectivity index (χ3n) is 2.31. The van der Waals surface area contributed by atoms with E-state index >= 15 is 0 Å². The monoisotopic (exact) mass is 188 g/mol. The lowest BCUT2D eigenvalue weighted by molar-refractivity contribution is -0.143. The van der Waals surface area contributed by atoms with Crippen molar-refractivity contribution in [1.29, 1.82) is 0 Å². The molecule has 1 unspecified atom stereocenters. The molecule has 1 aliphatic rings. The molecule has 0 radical (unpaired) electrons. The van der Waals surface area contributed by atoms with Gasteiger partial charge >= 0.3 is 0 Å². The van der Waals surface area contributed by atoms with Crippen LogP contribution >= 0.6 is 0 Å². The van der Waals surface area contributed by atoms with Crippen LogP contribution in [-0.4, -0.2) is 52.9 Å². The van der Waals surface area contributed by atoms with Gasteiger partial charge in [0.05, 0.1) is 6.61 Å². The molecule has 1 aliphatic heterocycles. The average Bonchev–Trinajstić information content (AvgIpc) is 2.17. The Balaban J connectivity index is 2.40. The molecular formula is C8H16N2O3. The zero-order valence-corrected chi connectivity index (χ0v) is 7.52. The van der Waals surface area contributed by atoms with Crippen molar-refractivity contribution >= 4 is 5.91 Å². The van der Waals surface area contributed by atoms with Gasteiger partial charge in [-0.15, -0.1) is 0 Å². The third-order valence-corrected chi connectivity index (χ3v) is 2.31. The van der Waals surface area contributed by atoms with Crippen LogP contribution in [0.15, 0.2) is 0 Å². The summed E-state index contributed by atoms with van der Waals surface area (Å²) < 4.78 is 0. The van der Waals surface area contributed by atoms with Crippen molar-refractivity contribution in [3.05, 3.63) is 0 Å². The van der Waals surface area contributed by atoms with Gasteiger partial charge in [-0.05, 0) is 12.8 Å². The Bertz CT molecular complexity index is 178. The number of hydrogen-bond donors (Lipinski definition) is 3. The first kappa shape index (κ1) is 10.4. The van der Waals surface area contributed by atoms with E-state index in [9.17, 15) is 4.79 Å². The van der Waals surface area contributed by atoms with Crippen molar-refractivity contribution in [2.75, 3.05) is 19.7 Å². The lowest BCUT2D eigenvalue weighted by Gasteiger charge is -2.31. The van der Waals surface area contributed by atoms with E-state index in [2.05, 4.69) is 0 Å². The van der Waals surface area contributed by atoms with E-state index in [0.29, 0.717) is 13.1 Å². The van der Waals surface area contributed by atoms with E-state index in [4.69, 9.17) is 15.9 Å². The summed E-state index contributed by atoms with van der Waals surface area (Å²) in [6, 6.07) is 0.162. The molecular weight excluding hydrogens is 172 g/mol. The molecule has 76 valence electrons. The summed E-state index contributed by atoms with van der Waals surface area (Å²) in [5.41, 5.74) is 5.66. The van der Waals surface area contributed by atoms with Crippen LogP contribution in [0.2, 0.25) is 0 Å². The Morgan fingerprint density at radius 1 is 1.54 bits per heavy atom. The van der Waals surface area contributed by atoms with Crippen LogP contribution in [0.25, 0.3) is 0 Å². The molecule has 0 saturated carbocycles. The zero-order valence-electron chi connectivity index (χ0n) is 7.52. The maximum atomic E-state index is 11.3. The van der Waals surface area contributed by atoms with Crippen LogP contribution in [0.3, 0.4) is 0 Å². The van der Waals surface area contributed by atoms with E-state index in [1.807, 2.05) is 0 Å². The molecule has 1 heterocycles. The number of aliphatic hydroxyl groups is 2. The number of piperidine rings is 1. The Morgan fingerprint density at radius 2 is 2.08 bits per heavy atom. The minimum atomic E-state index is -1.27. The summed E-state index contributed by atoms with van der Waals surface area (Å²) in [5, 5.41) is 17.6. The minimum absolute atomic E-state index is 0.162. The molecule has 0 spiro atoms. The highest BCUT2D eigenvalue weighted by molar-refractivity contribution is 5.80. The molecule has 13 heavy (non-hydrogen) atoms. The molecule has 0 aromatic heterocycles. The standard InChI is InChI=1S/C8H16N2O3/c9-6-1-3-10(4-2-6)8(13)7(12)5-11/h6-7,11-12H,1-5,9H2. The summed E-state index contributed by atoms with van der Waals surface area (Å²) in [5.74, 6) is -0.394. The number of carbonyl (C=O) groups is 1. The molecule has 0 aromatic carbocycles. The Morgan fingerprint density at radius 3 is 2.54 bits per heavy atom. The number of rotatable bonds is 2.